The fourth-order valence-corrected chi connectivity index (χ4v) is 2.92. The van der Waals surface area contributed by atoms with Crippen LogP contribution in [-0.2, 0) is 9.53 Å². The van der Waals surface area contributed by atoms with Gasteiger partial charge in [-0.25, -0.2) is 18.6 Å². The van der Waals surface area contributed by atoms with E-state index >= 15 is 0 Å². The molecule has 1 heterocycles. The minimum absolute atomic E-state index is 0.0507. The van der Waals surface area contributed by atoms with Crippen molar-refractivity contribution in [3.63, 3.8) is 0 Å². The van der Waals surface area contributed by atoms with Crippen LogP contribution in [-0.4, -0.2) is 31.1 Å². The Balaban J connectivity index is 2.82. The van der Waals surface area contributed by atoms with Crippen LogP contribution in [0.3, 0.4) is 0 Å². The second kappa shape index (κ2) is 7.96. The molecule has 1 N–H and O–H groups in total. The first-order chi connectivity index (χ1) is 12.2. The van der Waals surface area contributed by atoms with Crippen molar-refractivity contribution in [3.8, 4) is 17.0 Å². The summed E-state index contributed by atoms with van der Waals surface area (Å²) < 4.78 is 38.7. The lowest BCUT2D eigenvalue weighted by molar-refractivity contribution is -0.114. The van der Waals surface area contributed by atoms with Crippen molar-refractivity contribution in [2.24, 2.45) is 0 Å². The number of anilines is 1. The number of carbonyl (C=O) groups excluding carboxylic acids is 2. The van der Waals surface area contributed by atoms with Crippen molar-refractivity contribution in [2.75, 3.05) is 19.5 Å². The van der Waals surface area contributed by atoms with Crippen LogP contribution in [0.25, 0.3) is 11.3 Å². The predicted octanol–water partition coefficient (Wildman–Crippen LogP) is 4.20. The highest BCUT2D eigenvalue weighted by Crippen LogP contribution is 2.39. The summed E-state index contributed by atoms with van der Waals surface area (Å²) in [6.45, 7) is 1.21. The van der Waals surface area contributed by atoms with Gasteiger partial charge in [-0.15, -0.1) is 0 Å². The Hall–Kier alpha value is -2.26. The minimum Gasteiger partial charge on any atom is -0.492 e. The number of pyridine rings is 1. The van der Waals surface area contributed by atoms with E-state index in [1.807, 2.05) is 0 Å². The van der Waals surface area contributed by atoms with Crippen LogP contribution in [0, 0.1) is 11.6 Å². The van der Waals surface area contributed by atoms with Crippen molar-refractivity contribution >= 4 is 45.1 Å². The molecule has 0 radical (unpaired) electrons. The van der Waals surface area contributed by atoms with Gasteiger partial charge in [0.05, 0.1) is 40.7 Å². The van der Waals surface area contributed by atoms with Gasteiger partial charge in [0, 0.05) is 6.92 Å². The molecule has 0 saturated carbocycles. The molecule has 0 aliphatic carbocycles. The topological polar surface area (TPSA) is 77.5 Å². The van der Waals surface area contributed by atoms with Crippen LogP contribution >= 0.6 is 27.5 Å². The molecule has 0 fully saturated rings. The van der Waals surface area contributed by atoms with Crippen molar-refractivity contribution in [3.05, 3.63) is 39.0 Å². The van der Waals surface area contributed by atoms with Crippen molar-refractivity contribution in [2.45, 2.75) is 6.92 Å². The van der Waals surface area contributed by atoms with Crippen LogP contribution in [0.1, 0.15) is 17.4 Å². The molecule has 0 atom stereocenters. The molecule has 6 nitrogen and oxygen atoms in total. The Kier molecular flexibility index (Phi) is 6.14. The molecule has 0 bridgehead atoms. The number of methoxy groups -OCH3 is 2. The molecule has 0 spiro atoms. The lowest BCUT2D eigenvalue weighted by atomic mass is 10.1. The number of aromatic nitrogens is 1. The monoisotopic (exact) mass is 448 g/mol. The van der Waals surface area contributed by atoms with Gasteiger partial charge in [-0.2, -0.15) is 0 Å². The molecule has 0 aliphatic rings. The Bertz CT molecular complexity index is 909. The maximum atomic E-state index is 14.7. The number of halogens is 4. The summed E-state index contributed by atoms with van der Waals surface area (Å²) in [4.78, 5) is 27.2. The molecule has 10 heteroatoms. The average Bonchev–Trinajstić information content (AvgIpc) is 2.56. The van der Waals surface area contributed by atoms with Gasteiger partial charge in [0.15, 0.2) is 17.3 Å². The minimum atomic E-state index is -1.04. The molecule has 1 aromatic carbocycles. The number of carbonyl (C=O) groups is 2. The Morgan fingerprint density at radius 3 is 2.46 bits per heavy atom. The zero-order valence-electron chi connectivity index (χ0n) is 13.7. The van der Waals surface area contributed by atoms with E-state index < -0.39 is 34.8 Å². The molecule has 2 aromatic rings. The first-order valence-electron chi connectivity index (χ1n) is 6.99. The molecule has 2 rings (SSSR count). The summed E-state index contributed by atoms with van der Waals surface area (Å²) in [6, 6.07) is 2.13. The fourth-order valence-electron chi connectivity index (χ4n) is 2.16. The molecule has 0 saturated heterocycles. The van der Waals surface area contributed by atoms with Gasteiger partial charge in [0.25, 0.3) is 0 Å². The molecular weight excluding hydrogens is 438 g/mol. The van der Waals surface area contributed by atoms with E-state index in [9.17, 15) is 18.4 Å². The van der Waals surface area contributed by atoms with E-state index in [2.05, 4.69) is 31.0 Å². The van der Waals surface area contributed by atoms with Crippen LogP contribution in [0.15, 0.2) is 16.6 Å². The molecule has 0 aliphatic heterocycles. The average molecular weight is 450 g/mol. The number of hydrogen-bond donors (Lipinski definition) is 1. The summed E-state index contributed by atoms with van der Waals surface area (Å²) in [5, 5.41) is 2.16. The number of hydrogen-bond acceptors (Lipinski definition) is 5. The first kappa shape index (κ1) is 20.1. The quantitative estimate of drug-likeness (QED) is 0.708. The molecule has 1 amide bonds. The molecule has 26 heavy (non-hydrogen) atoms. The van der Waals surface area contributed by atoms with Gasteiger partial charge in [-0.3, -0.25) is 4.79 Å². The smallest absolute Gasteiger partial charge is 0.358 e. The number of benzene rings is 1. The summed E-state index contributed by atoms with van der Waals surface area (Å²) in [5.74, 6) is -3.70. The zero-order valence-corrected chi connectivity index (χ0v) is 16.1. The largest absolute Gasteiger partial charge is 0.492 e. The van der Waals surface area contributed by atoms with E-state index in [0.29, 0.717) is 0 Å². The SMILES string of the molecule is COC(=O)c1nc(-c2c(F)cc(Br)c(OC)c2F)cc(NC(C)=O)c1Cl. The lowest BCUT2D eigenvalue weighted by Crippen LogP contribution is -2.12. The summed E-state index contributed by atoms with van der Waals surface area (Å²) in [6.07, 6.45) is 0. The van der Waals surface area contributed by atoms with Gasteiger partial charge in [0.2, 0.25) is 5.91 Å². The number of nitrogens with zero attached hydrogens (tertiary/aromatic N) is 1. The first-order valence-corrected chi connectivity index (χ1v) is 8.16. The Morgan fingerprint density at radius 1 is 1.27 bits per heavy atom. The zero-order chi connectivity index (χ0) is 19.6. The number of esters is 1. The summed E-state index contributed by atoms with van der Waals surface area (Å²) >= 11 is 9.05. The van der Waals surface area contributed by atoms with Crippen molar-refractivity contribution in [1.29, 1.82) is 0 Å². The molecule has 0 unspecified atom stereocenters. The maximum absolute atomic E-state index is 14.7. The summed E-state index contributed by atoms with van der Waals surface area (Å²) in [7, 11) is 2.30. The second-order valence-corrected chi connectivity index (χ2v) is 6.19. The van der Waals surface area contributed by atoms with Gasteiger partial charge in [-0.1, -0.05) is 11.6 Å². The fraction of sp³-hybridized carbons (Fsp3) is 0.188. The molecular formula is C16H12BrClF2N2O4. The van der Waals surface area contributed by atoms with E-state index in [0.717, 1.165) is 19.2 Å². The van der Waals surface area contributed by atoms with Crippen LogP contribution in [0.2, 0.25) is 5.02 Å². The number of ether oxygens (including phenoxy) is 2. The van der Waals surface area contributed by atoms with Crippen LogP contribution < -0.4 is 10.1 Å². The highest BCUT2D eigenvalue weighted by atomic mass is 79.9. The third kappa shape index (κ3) is 3.78. The predicted molar refractivity (Wildman–Crippen MR) is 94.5 cm³/mol. The normalized spacial score (nSPS) is 10.4. The van der Waals surface area contributed by atoms with Crippen LogP contribution in [0.5, 0.6) is 5.75 Å². The van der Waals surface area contributed by atoms with Gasteiger partial charge < -0.3 is 14.8 Å². The molecule has 138 valence electrons. The van der Waals surface area contributed by atoms with Gasteiger partial charge >= 0.3 is 5.97 Å². The highest BCUT2D eigenvalue weighted by molar-refractivity contribution is 9.10. The van der Waals surface area contributed by atoms with E-state index in [1.54, 1.807) is 0 Å². The lowest BCUT2D eigenvalue weighted by Gasteiger charge is -2.14. The number of amides is 1. The Labute approximate surface area is 160 Å². The van der Waals surface area contributed by atoms with Gasteiger partial charge in [-0.05, 0) is 28.1 Å². The van der Waals surface area contributed by atoms with E-state index in [-0.39, 0.29) is 26.6 Å². The van der Waals surface area contributed by atoms with Gasteiger partial charge in [0.1, 0.15) is 5.82 Å². The number of rotatable bonds is 4. The standard InChI is InChI=1S/C16H12BrClF2N2O4/c1-6(23)21-10-5-9(22-14(12(10)18)16(24)26-3)11-8(19)4-7(17)15(25-2)13(11)20/h4-5H,1-3H3,(H,21,22,23). The maximum Gasteiger partial charge on any atom is 0.358 e. The highest BCUT2D eigenvalue weighted by Gasteiger charge is 2.25. The van der Waals surface area contributed by atoms with Crippen LogP contribution in [0.4, 0.5) is 14.5 Å². The molecule has 1 aromatic heterocycles. The van der Waals surface area contributed by atoms with Crippen molar-refractivity contribution in [1.82, 2.24) is 4.98 Å². The van der Waals surface area contributed by atoms with Crippen molar-refractivity contribution < 1.29 is 27.8 Å². The Morgan fingerprint density at radius 2 is 1.92 bits per heavy atom. The summed E-state index contributed by atoms with van der Waals surface area (Å²) in [5.41, 5.74) is -1.29. The van der Waals surface area contributed by atoms with E-state index in [4.69, 9.17) is 16.3 Å². The third-order valence-corrected chi connectivity index (χ3v) is 4.21. The van der Waals surface area contributed by atoms with E-state index in [1.165, 1.54) is 14.0 Å². The third-order valence-electron chi connectivity index (χ3n) is 3.24. The second-order valence-electron chi connectivity index (χ2n) is 4.95. The number of nitrogens with one attached hydrogen (secondary N) is 1.